The molecule has 3 saturated carbocycles. The summed E-state index contributed by atoms with van der Waals surface area (Å²) in [6, 6.07) is 0. The van der Waals surface area contributed by atoms with Crippen molar-refractivity contribution in [3.05, 3.63) is 23.8 Å². The third-order valence-electron chi connectivity index (χ3n) is 8.54. The third kappa shape index (κ3) is 2.98. The van der Waals surface area contributed by atoms with Gasteiger partial charge in [0.25, 0.3) is 0 Å². The van der Waals surface area contributed by atoms with Crippen LogP contribution in [0.3, 0.4) is 0 Å². The SMILES string of the molecule is C[C@@H]1CC2C3CCC4=CC(=O)C=CC4(C)C3C(O)CC2(C)C1C(=O)COC(N)=O. The summed E-state index contributed by atoms with van der Waals surface area (Å²) >= 11 is 0. The zero-order valence-electron chi connectivity index (χ0n) is 17.4. The molecule has 6 nitrogen and oxygen atoms in total. The smallest absolute Gasteiger partial charge is 0.404 e. The summed E-state index contributed by atoms with van der Waals surface area (Å²) in [4.78, 5) is 35.8. The molecular weight excluding hydrogens is 370 g/mol. The third-order valence-corrected chi connectivity index (χ3v) is 8.54. The van der Waals surface area contributed by atoms with Gasteiger partial charge in [0.15, 0.2) is 18.2 Å². The number of nitrogens with two attached hydrogens (primary N) is 1. The Morgan fingerprint density at radius 1 is 1.34 bits per heavy atom. The number of aliphatic hydroxyl groups excluding tert-OH is 1. The van der Waals surface area contributed by atoms with E-state index in [0.717, 1.165) is 24.8 Å². The van der Waals surface area contributed by atoms with Gasteiger partial charge in [-0.15, -0.1) is 0 Å². The van der Waals surface area contributed by atoms with E-state index in [1.54, 1.807) is 12.2 Å². The van der Waals surface area contributed by atoms with E-state index in [1.807, 2.05) is 6.08 Å². The molecular formula is C23H31NO5. The Balaban J connectivity index is 1.65. The highest BCUT2D eigenvalue weighted by Gasteiger charge is 2.64. The minimum absolute atomic E-state index is 0.0284. The lowest BCUT2D eigenvalue weighted by Gasteiger charge is -2.58. The zero-order chi connectivity index (χ0) is 21.1. The molecule has 0 saturated heterocycles. The first-order chi connectivity index (χ1) is 13.6. The Hall–Kier alpha value is -1.95. The molecule has 0 aromatic heterocycles. The van der Waals surface area contributed by atoms with Gasteiger partial charge in [-0.3, -0.25) is 9.59 Å². The van der Waals surface area contributed by atoms with E-state index in [0.29, 0.717) is 18.3 Å². The van der Waals surface area contributed by atoms with Crippen LogP contribution >= 0.6 is 0 Å². The molecule has 0 radical (unpaired) electrons. The van der Waals surface area contributed by atoms with Crippen LogP contribution in [0.15, 0.2) is 23.8 Å². The summed E-state index contributed by atoms with van der Waals surface area (Å²) < 4.78 is 4.80. The number of ether oxygens (including phenoxy) is 1. The van der Waals surface area contributed by atoms with Gasteiger partial charge in [0.1, 0.15) is 0 Å². The zero-order valence-corrected chi connectivity index (χ0v) is 17.4. The van der Waals surface area contributed by atoms with Crippen molar-refractivity contribution in [1.82, 2.24) is 0 Å². The predicted molar refractivity (Wildman–Crippen MR) is 107 cm³/mol. The van der Waals surface area contributed by atoms with Crippen LogP contribution in [0, 0.1) is 40.4 Å². The second kappa shape index (κ2) is 6.79. The summed E-state index contributed by atoms with van der Waals surface area (Å²) in [7, 11) is 0. The molecule has 8 atom stereocenters. The molecule has 29 heavy (non-hydrogen) atoms. The predicted octanol–water partition coefficient (Wildman–Crippen LogP) is 2.79. The molecule has 6 heteroatoms. The number of fused-ring (bicyclic) bond motifs is 5. The number of ketones is 2. The van der Waals surface area contributed by atoms with Gasteiger partial charge in [0, 0.05) is 17.3 Å². The van der Waals surface area contributed by atoms with E-state index < -0.39 is 12.2 Å². The van der Waals surface area contributed by atoms with E-state index >= 15 is 0 Å². The quantitative estimate of drug-likeness (QED) is 0.756. The van der Waals surface area contributed by atoms with E-state index in [4.69, 9.17) is 10.5 Å². The molecule has 3 fully saturated rings. The fourth-order valence-corrected chi connectivity index (χ4v) is 7.61. The van der Waals surface area contributed by atoms with Crippen molar-refractivity contribution in [1.29, 1.82) is 0 Å². The molecule has 7 unspecified atom stereocenters. The maximum Gasteiger partial charge on any atom is 0.404 e. The first-order valence-electron chi connectivity index (χ1n) is 10.6. The maximum absolute atomic E-state index is 12.9. The molecule has 0 spiro atoms. The lowest BCUT2D eigenvalue weighted by Crippen LogP contribution is -2.56. The van der Waals surface area contributed by atoms with Crippen molar-refractivity contribution in [2.24, 2.45) is 46.2 Å². The van der Waals surface area contributed by atoms with Gasteiger partial charge in [-0.05, 0) is 61.0 Å². The van der Waals surface area contributed by atoms with Gasteiger partial charge in [0.2, 0.25) is 0 Å². The minimum atomic E-state index is -0.937. The Morgan fingerprint density at radius 2 is 2.07 bits per heavy atom. The van der Waals surface area contributed by atoms with Crippen LogP contribution in [-0.4, -0.2) is 35.5 Å². The molecule has 4 aliphatic carbocycles. The molecule has 0 aromatic rings. The number of rotatable bonds is 3. The van der Waals surface area contributed by atoms with Crippen LogP contribution in [0.25, 0.3) is 0 Å². The normalized spacial score (nSPS) is 45.7. The molecule has 0 bridgehead atoms. The van der Waals surface area contributed by atoms with Crippen LogP contribution < -0.4 is 5.73 Å². The van der Waals surface area contributed by atoms with Crippen molar-refractivity contribution >= 4 is 17.7 Å². The molecule has 158 valence electrons. The molecule has 4 aliphatic rings. The minimum Gasteiger partial charge on any atom is -0.442 e. The van der Waals surface area contributed by atoms with Crippen molar-refractivity contribution in [3.63, 3.8) is 0 Å². The highest BCUT2D eigenvalue weighted by atomic mass is 16.5. The number of primary amides is 1. The van der Waals surface area contributed by atoms with Crippen LogP contribution in [0.2, 0.25) is 0 Å². The number of hydrogen-bond donors (Lipinski definition) is 2. The lowest BCUT2D eigenvalue weighted by atomic mass is 9.46. The Bertz CT molecular complexity index is 816. The molecule has 3 N–H and O–H groups in total. The summed E-state index contributed by atoms with van der Waals surface area (Å²) in [5.41, 5.74) is 5.54. The highest BCUT2D eigenvalue weighted by molar-refractivity contribution is 6.01. The standard InChI is InChI=1S/C23H31NO5/c1-12-8-16-15-5-4-13-9-14(25)6-7-22(13,2)20(15)17(26)10-23(16,3)19(12)18(27)11-29-21(24)28/h6-7,9,12,15-17,19-20,26H,4-5,8,10-11H2,1-3H3,(H2,24,28)/t12-,15?,16?,17?,19?,20?,22?,23?/m1/s1. The van der Waals surface area contributed by atoms with Crippen LogP contribution in [0.4, 0.5) is 4.79 Å². The Morgan fingerprint density at radius 3 is 2.76 bits per heavy atom. The van der Waals surface area contributed by atoms with Gasteiger partial charge < -0.3 is 15.6 Å². The Kier molecular flexibility index (Phi) is 4.76. The largest absolute Gasteiger partial charge is 0.442 e. The fraction of sp³-hybridized carbons (Fsp3) is 0.696. The number of carbonyl (C=O) groups is 3. The Labute approximate surface area is 171 Å². The summed E-state index contributed by atoms with van der Waals surface area (Å²) in [5, 5.41) is 11.3. The second-order valence-electron chi connectivity index (χ2n) is 10.1. The lowest BCUT2D eigenvalue weighted by molar-refractivity contribution is -0.142. The molecule has 0 aromatic carbocycles. The molecule has 0 heterocycles. The van der Waals surface area contributed by atoms with E-state index in [1.165, 1.54) is 0 Å². The van der Waals surface area contributed by atoms with Crippen LogP contribution in [0.5, 0.6) is 0 Å². The summed E-state index contributed by atoms with van der Waals surface area (Å²) in [5.74, 6) is 0.494. The number of aliphatic hydroxyl groups is 1. The van der Waals surface area contributed by atoms with E-state index in [2.05, 4.69) is 20.8 Å². The number of amides is 1. The van der Waals surface area contributed by atoms with Gasteiger partial charge in [-0.25, -0.2) is 4.79 Å². The first kappa shape index (κ1) is 20.3. The summed E-state index contributed by atoms with van der Waals surface area (Å²) in [6.45, 7) is 6.06. The van der Waals surface area contributed by atoms with Crippen LogP contribution in [-0.2, 0) is 14.3 Å². The number of allylic oxidation sites excluding steroid dienone is 4. The van der Waals surface area contributed by atoms with Gasteiger partial charge >= 0.3 is 6.09 Å². The maximum atomic E-state index is 12.9. The molecule has 0 aliphatic heterocycles. The van der Waals surface area contributed by atoms with Crippen LogP contribution in [0.1, 0.15) is 46.5 Å². The van der Waals surface area contributed by atoms with Crippen molar-refractivity contribution in [2.45, 2.75) is 52.6 Å². The fourth-order valence-electron chi connectivity index (χ4n) is 7.61. The topological polar surface area (TPSA) is 107 Å². The van der Waals surface area contributed by atoms with Crippen molar-refractivity contribution in [2.75, 3.05) is 6.61 Å². The number of Topliss-reactive ketones (excluding diaryl/α,β-unsaturated/α-hetero) is 1. The van der Waals surface area contributed by atoms with Gasteiger partial charge in [0.05, 0.1) is 6.10 Å². The summed E-state index contributed by atoms with van der Waals surface area (Å²) in [6.07, 6.45) is 7.14. The molecule has 1 amide bonds. The number of carbonyl (C=O) groups excluding carboxylic acids is 3. The highest BCUT2D eigenvalue weighted by Crippen LogP contribution is 2.67. The number of hydrogen-bond acceptors (Lipinski definition) is 5. The van der Waals surface area contributed by atoms with Crippen molar-refractivity contribution < 1.29 is 24.2 Å². The van der Waals surface area contributed by atoms with Crippen molar-refractivity contribution in [3.8, 4) is 0 Å². The average molecular weight is 402 g/mol. The van der Waals surface area contributed by atoms with E-state index in [-0.39, 0.29) is 46.8 Å². The first-order valence-corrected chi connectivity index (χ1v) is 10.6. The van der Waals surface area contributed by atoms with Gasteiger partial charge in [-0.2, -0.15) is 0 Å². The molecule has 4 rings (SSSR count). The average Bonchev–Trinajstić information content (AvgIpc) is 2.89. The second-order valence-corrected chi connectivity index (χ2v) is 10.1. The van der Waals surface area contributed by atoms with Gasteiger partial charge in [-0.1, -0.05) is 32.4 Å². The van der Waals surface area contributed by atoms with E-state index in [9.17, 15) is 19.5 Å². The monoisotopic (exact) mass is 401 g/mol.